The van der Waals surface area contributed by atoms with Crippen LogP contribution in [0.1, 0.15) is 47.8 Å². The van der Waals surface area contributed by atoms with Gasteiger partial charge in [0.05, 0.1) is 0 Å². The lowest BCUT2D eigenvalue weighted by Crippen LogP contribution is -2.38. The molecule has 3 nitrogen and oxygen atoms in total. The molecule has 1 N–H and O–H groups in total. The molecule has 1 unspecified atom stereocenters. The zero-order valence-electron chi connectivity index (χ0n) is 10.2. The predicted molar refractivity (Wildman–Crippen MR) is 69.6 cm³/mol. The highest BCUT2D eigenvalue weighted by atomic mass is 32.1. The number of carboxylic acid groups (broad SMARTS) is 1. The summed E-state index contributed by atoms with van der Waals surface area (Å²) in [5.41, 5.74) is 0.975. The molecule has 0 aliphatic carbocycles. The van der Waals surface area contributed by atoms with E-state index in [-0.39, 0.29) is 0 Å². The molecule has 2 heterocycles. The molecule has 94 valence electrons. The Hall–Kier alpha value is -0.870. The first-order chi connectivity index (χ1) is 8.22. The van der Waals surface area contributed by atoms with Crippen molar-refractivity contribution in [2.45, 2.75) is 45.2 Å². The van der Waals surface area contributed by atoms with Crippen LogP contribution in [0.4, 0.5) is 0 Å². The van der Waals surface area contributed by atoms with Gasteiger partial charge in [0, 0.05) is 12.6 Å². The Bertz CT molecular complexity index is 389. The molecule has 1 atom stereocenters. The molecule has 0 aromatic carbocycles. The normalized spacial score (nSPS) is 21.6. The number of hydrogen-bond acceptors (Lipinski definition) is 3. The van der Waals surface area contributed by atoms with Gasteiger partial charge < -0.3 is 5.11 Å². The molecule has 1 aromatic heterocycles. The lowest BCUT2D eigenvalue weighted by molar-refractivity contribution is 0.0698. The number of carboxylic acids is 1. The van der Waals surface area contributed by atoms with E-state index < -0.39 is 5.97 Å². The summed E-state index contributed by atoms with van der Waals surface area (Å²) < 4.78 is 0. The van der Waals surface area contributed by atoms with Crippen molar-refractivity contribution in [3.05, 3.63) is 21.9 Å². The third kappa shape index (κ3) is 2.87. The quantitative estimate of drug-likeness (QED) is 0.895. The number of hydrogen-bond donors (Lipinski definition) is 1. The van der Waals surface area contributed by atoms with Crippen molar-refractivity contribution in [3.8, 4) is 0 Å². The minimum Gasteiger partial charge on any atom is -0.477 e. The zero-order valence-corrected chi connectivity index (χ0v) is 11.0. The van der Waals surface area contributed by atoms with E-state index in [2.05, 4.69) is 11.8 Å². The van der Waals surface area contributed by atoms with E-state index in [9.17, 15) is 4.79 Å². The van der Waals surface area contributed by atoms with Gasteiger partial charge in [0.2, 0.25) is 0 Å². The van der Waals surface area contributed by atoms with Crippen LogP contribution in [-0.2, 0) is 6.54 Å². The van der Waals surface area contributed by atoms with Gasteiger partial charge in [-0.2, -0.15) is 0 Å². The second-order valence-electron chi connectivity index (χ2n) is 4.61. The highest BCUT2D eigenvalue weighted by molar-refractivity contribution is 7.12. The van der Waals surface area contributed by atoms with Crippen molar-refractivity contribution >= 4 is 17.3 Å². The highest BCUT2D eigenvalue weighted by Crippen LogP contribution is 2.25. The summed E-state index contributed by atoms with van der Waals surface area (Å²) in [4.78, 5) is 14.0. The SMILES string of the molecule is CCC1CCCCN1Cc1ccsc1C(=O)O. The molecule has 2 rings (SSSR count). The van der Waals surface area contributed by atoms with Crippen molar-refractivity contribution in [2.24, 2.45) is 0 Å². The number of aromatic carboxylic acids is 1. The van der Waals surface area contributed by atoms with E-state index in [0.29, 0.717) is 10.9 Å². The molecule has 0 amide bonds. The molecule has 1 aliphatic rings. The first kappa shape index (κ1) is 12.6. The zero-order chi connectivity index (χ0) is 12.3. The minimum atomic E-state index is -0.792. The van der Waals surface area contributed by atoms with Crippen LogP contribution < -0.4 is 0 Å². The maximum Gasteiger partial charge on any atom is 0.346 e. The molecule has 1 aromatic rings. The standard InChI is InChI=1S/C13H19NO2S/c1-2-11-5-3-4-7-14(11)9-10-6-8-17-12(10)13(15)16/h6,8,11H,2-5,7,9H2,1H3,(H,15,16). The summed E-state index contributed by atoms with van der Waals surface area (Å²) in [6, 6.07) is 2.58. The largest absolute Gasteiger partial charge is 0.477 e. The Balaban J connectivity index is 2.08. The van der Waals surface area contributed by atoms with Gasteiger partial charge in [-0.05, 0) is 42.8 Å². The van der Waals surface area contributed by atoms with Crippen LogP contribution in [0.25, 0.3) is 0 Å². The monoisotopic (exact) mass is 253 g/mol. The molecule has 1 aliphatic heterocycles. The summed E-state index contributed by atoms with van der Waals surface area (Å²) >= 11 is 1.33. The first-order valence-electron chi connectivity index (χ1n) is 6.26. The summed E-state index contributed by atoms with van der Waals surface area (Å²) in [6.07, 6.45) is 4.96. The van der Waals surface area contributed by atoms with E-state index in [4.69, 9.17) is 5.11 Å². The van der Waals surface area contributed by atoms with Crippen LogP contribution >= 0.6 is 11.3 Å². The predicted octanol–water partition coefficient (Wildman–Crippen LogP) is 3.21. The Morgan fingerprint density at radius 2 is 2.41 bits per heavy atom. The maximum absolute atomic E-state index is 11.1. The summed E-state index contributed by atoms with van der Waals surface area (Å²) in [5, 5.41) is 11.0. The molecule has 0 radical (unpaired) electrons. The van der Waals surface area contributed by atoms with Crippen LogP contribution in [0, 0.1) is 0 Å². The number of carbonyl (C=O) groups is 1. The summed E-state index contributed by atoms with van der Waals surface area (Å²) in [6.45, 7) is 4.12. The molecular weight excluding hydrogens is 234 g/mol. The van der Waals surface area contributed by atoms with Crippen LogP contribution in [0.5, 0.6) is 0 Å². The molecule has 17 heavy (non-hydrogen) atoms. The van der Waals surface area contributed by atoms with Gasteiger partial charge in [0.25, 0.3) is 0 Å². The highest BCUT2D eigenvalue weighted by Gasteiger charge is 2.22. The second-order valence-corrected chi connectivity index (χ2v) is 5.52. The fourth-order valence-electron chi connectivity index (χ4n) is 2.60. The van der Waals surface area contributed by atoms with Gasteiger partial charge in [0.1, 0.15) is 4.88 Å². The Morgan fingerprint density at radius 1 is 1.59 bits per heavy atom. The van der Waals surface area contributed by atoms with Gasteiger partial charge in [-0.25, -0.2) is 4.79 Å². The van der Waals surface area contributed by atoms with Crippen molar-refractivity contribution in [2.75, 3.05) is 6.54 Å². The minimum absolute atomic E-state index is 0.505. The number of nitrogens with zero attached hydrogens (tertiary/aromatic N) is 1. The summed E-state index contributed by atoms with van der Waals surface area (Å²) in [7, 11) is 0. The Labute approximate surface area is 106 Å². The van der Waals surface area contributed by atoms with Crippen LogP contribution in [0.15, 0.2) is 11.4 Å². The fraction of sp³-hybridized carbons (Fsp3) is 0.615. The second kappa shape index (κ2) is 5.65. The average Bonchev–Trinajstić information content (AvgIpc) is 2.78. The molecule has 0 bridgehead atoms. The van der Waals surface area contributed by atoms with Gasteiger partial charge in [0.15, 0.2) is 0 Å². The third-order valence-corrected chi connectivity index (χ3v) is 4.48. The first-order valence-corrected chi connectivity index (χ1v) is 7.14. The van der Waals surface area contributed by atoms with Gasteiger partial charge in [-0.15, -0.1) is 11.3 Å². The number of thiophene rings is 1. The maximum atomic E-state index is 11.1. The number of likely N-dealkylation sites (tertiary alicyclic amines) is 1. The van der Waals surface area contributed by atoms with E-state index in [1.807, 2.05) is 11.4 Å². The van der Waals surface area contributed by atoms with E-state index in [1.54, 1.807) is 0 Å². The van der Waals surface area contributed by atoms with Gasteiger partial charge >= 0.3 is 5.97 Å². The molecule has 1 fully saturated rings. The molecular formula is C13H19NO2S. The average molecular weight is 253 g/mol. The number of piperidine rings is 1. The topological polar surface area (TPSA) is 40.5 Å². The van der Waals surface area contributed by atoms with Crippen molar-refractivity contribution < 1.29 is 9.90 Å². The fourth-order valence-corrected chi connectivity index (χ4v) is 3.35. The molecule has 4 heteroatoms. The molecule has 0 spiro atoms. The Morgan fingerprint density at radius 3 is 3.12 bits per heavy atom. The van der Waals surface area contributed by atoms with Crippen molar-refractivity contribution in [3.63, 3.8) is 0 Å². The van der Waals surface area contributed by atoms with Crippen LogP contribution in [0.3, 0.4) is 0 Å². The van der Waals surface area contributed by atoms with Gasteiger partial charge in [-0.1, -0.05) is 13.3 Å². The van der Waals surface area contributed by atoms with Gasteiger partial charge in [-0.3, -0.25) is 4.90 Å². The van der Waals surface area contributed by atoms with E-state index in [0.717, 1.165) is 25.1 Å². The lowest BCUT2D eigenvalue weighted by Gasteiger charge is -2.35. The van der Waals surface area contributed by atoms with Crippen LogP contribution in [-0.4, -0.2) is 28.6 Å². The Kier molecular flexibility index (Phi) is 4.18. The molecule has 1 saturated heterocycles. The van der Waals surface area contributed by atoms with Crippen molar-refractivity contribution in [1.29, 1.82) is 0 Å². The molecule has 0 saturated carbocycles. The van der Waals surface area contributed by atoms with E-state index >= 15 is 0 Å². The lowest BCUT2D eigenvalue weighted by atomic mass is 9.99. The van der Waals surface area contributed by atoms with Crippen molar-refractivity contribution in [1.82, 2.24) is 4.90 Å². The number of rotatable bonds is 4. The third-order valence-electron chi connectivity index (χ3n) is 3.53. The van der Waals surface area contributed by atoms with Crippen LogP contribution in [0.2, 0.25) is 0 Å². The summed E-state index contributed by atoms with van der Waals surface area (Å²) in [5.74, 6) is -0.792. The smallest absolute Gasteiger partial charge is 0.346 e. The van der Waals surface area contributed by atoms with E-state index in [1.165, 1.54) is 30.6 Å².